The number of carbonyl (C=O) groups excluding carboxylic acids is 1. The first-order valence-electron chi connectivity index (χ1n) is 7.42. The van der Waals surface area contributed by atoms with Crippen molar-refractivity contribution in [3.8, 4) is 0 Å². The number of sulfonamides is 1. The summed E-state index contributed by atoms with van der Waals surface area (Å²) < 4.78 is 38.5. The van der Waals surface area contributed by atoms with Gasteiger partial charge in [0.05, 0.1) is 12.2 Å². The highest BCUT2D eigenvalue weighted by Crippen LogP contribution is 2.13. The molecule has 0 spiro atoms. The predicted molar refractivity (Wildman–Crippen MR) is 82.3 cm³/mol. The van der Waals surface area contributed by atoms with E-state index in [2.05, 4.69) is 4.72 Å². The minimum atomic E-state index is -3.20. The number of hydrogen-bond donors (Lipinski definition) is 1. The van der Waals surface area contributed by atoms with E-state index in [9.17, 15) is 17.6 Å². The summed E-state index contributed by atoms with van der Waals surface area (Å²) in [4.78, 5) is 13.9. The Labute approximate surface area is 130 Å². The van der Waals surface area contributed by atoms with Crippen LogP contribution in [0.3, 0.4) is 0 Å². The highest BCUT2D eigenvalue weighted by molar-refractivity contribution is 7.89. The normalized spacial score (nSPS) is 16.7. The second-order valence-corrected chi connectivity index (χ2v) is 7.52. The highest BCUT2D eigenvalue weighted by atomic mass is 32.2. The smallest absolute Gasteiger partial charge is 0.226 e. The summed E-state index contributed by atoms with van der Waals surface area (Å²) in [6.07, 6.45) is 1.48. The summed E-state index contributed by atoms with van der Waals surface area (Å²) in [6.45, 7) is 2.68. The first-order chi connectivity index (χ1) is 10.4. The zero-order valence-electron chi connectivity index (χ0n) is 12.6. The zero-order valence-corrected chi connectivity index (χ0v) is 13.4. The van der Waals surface area contributed by atoms with Crippen LogP contribution in [-0.4, -0.2) is 44.1 Å². The first kappa shape index (κ1) is 16.9. The van der Waals surface area contributed by atoms with Crippen LogP contribution < -0.4 is 4.72 Å². The summed E-state index contributed by atoms with van der Waals surface area (Å²) in [5.74, 6) is -0.264. The molecule has 1 aliphatic rings. The molecule has 22 heavy (non-hydrogen) atoms. The number of carbonyl (C=O) groups is 1. The Kier molecular flexibility index (Phi) is 5.52. The third kappa shape index (κ3) is 4.78. The third-order valence-corrected chi connectivity index (χ3v) is 5.30. The molecule has 5 nitrogen and oxygen atoms in total. The van der Waals surface area contributed by atoms with E-state index in [-0.39, 0.29) is 29.9 Å². The quantitative estimate of drug-likeness (QED) is 0.886. The molecule has 0 aromatic heterocycles. The molecule has 1 N–H and O–H groups in total. The average molecular weight is 328 g/mol. The molecule has 1 amide bonds. The molecule has 0 saturated carbocycles. The Morgan fingerprint density at radius 3 is 2.41 bits per heavy atom. The molecule has 0 bridgehead atoms. The highest BCUT2D eigenvalue weighted by Gasteiger charge is 2.25. The minimum absolute atomic E-state index is 0.0107. The van der Waals surface area contributed by atoms with Gasteiger partial charge < -0.3 is 4.90 Å². The van der Waals surface area contributed by atoms with Gasteiger partial charge in [-0.1, -0.05) is 12.1 Å². The second-order valence-electron chi connectivity index (χ2n) is 5.48. The van der Waals surface area contributed by atoms with Crippen molar-refractivity contribution in [2.45, 2.75) is 32.2 Å². The Balaban J connectivity index is 1.83. The molecule has 0 atom stereocenters. The summed E-state index contributed by atoms with van der Waals surface area (Å²) in [5.41, 5.74) is 0.778. The van der Waals surface area contributed by atoms with Gasteiger partial charge in [0.25, 0.3) is 0 Å². The van der Waals surface area contributed by atoms with Crippen LogP contribution in [0.2, 0.25) is 0 Å². The lowest BCUT2D eigenvalue weighted by Gasteiger charge is -2.32. The Hall–Kier alpha value is -1.47. The third-order valence-electron chi connectivity index (χ3n) is 3.84. The van der Waals surface area contributed by atoms with E-state index < -0.39 is 10.0 Å². The average Bonchev–Trinajstić information content (AvgIpc) is 2.50. The fourth-order valence-corrected chi connectivity index (χ4v) is 3.38. The molecule has 1 heterocycles. The van der Waals surface area contributed by atoms with Crippen molar-refractivity contribution in [3.63, 3.8) is 0 Å². The van der Waals surface area contributed by atoms with Gasteiger partial charge in [0.1, 0.15) is 5.82 Å². The van der Waals surface area contributed by atoms with Crippen molar-refractivity contribution >= 4 is 15.9 Å². The number of hydrogen-bond acceptors (Lipinski definition) is 3. The van der Waals surface area contributed by atoms with E-state index in [0.29, 0.717) is 25.9 Å². The molecule has 1 fully saturated rings. The lowest BCUT2D eigenvalue weighted by molar-refractivity contribution is -0.131. The van der Waals surface area contributed by atoms with Crippen LogP contribution in [0.25, 0.3) is 0 Å². The molecule has 1 aliphatic heterocycles. The fraction of sp³-hybridized carbons (Fsp3) is 0.533. The molecule has 122 valence electrons. The lowest BCUT2D eigenvalue weighted by atomic mass is 10.0. The van der Waals surface area contributed by atoms with Gasteiger partial charge in [0, 0.05) is 19.1 Å². The Morgan fingerprint density at radius 2 is 1.86 bits per heavy atom. The molecule has 0 radical (unpaired) electrons. The SMILES string of the molecule is CCS(=O)(=O)NC1CCN(C(=O)Cc2ccc(F)cc2)CC1. The first-order valence-corrected chi connectivity index (χ1v) is 9.07. The van der Waals surface area contributed by atoms with Crippen LogP contribution in [0.5, 0.6) is 0 Å². The monoisotopic (exact) mass is 328 g/mol. The standard InChI is InChI=1S/C15H21FN2O3S/c1-2-22(20,21)17-14-7-9-18(10-8-14)15(19)11-12-3-5-13(16)6-4-12/h3-6,14,17H,2,7-11H2,1H3. The van der Waals surface area contributed by atoms with Gasteiger partial charge in [-0.3, -0.25) is 4.79 Å². The van der Waals surface area contributed by atoms with Crippen molar-refractivity contribution in [1.82, 2.24) is 9.62 Å². The Morgan fingerprint density at radius 1 is 1.27 bits per heavy atom. The zero-order chi connectivity index (χ0) is 16.2. The van der Waals surface area contributed by atoms with Gasteiger partial charge in [-0.05, 0) is 37.5 Å². The van der Waals surface area contributed by atoms with Gasteiger partial charge >= 0.3 is 0 Å². The minimum Gasteiger partial charge on any atom is -0.342 e. The number of nitrogens with zero attached hydrogens (tertiary/aromatic N) is 1. The molecular formula is C15H21FN2O3S. The summed E-state index contributed by atoms with van der Waals surface area (Å²) >= 11 is 0. The van der Waals surface area contributed by atoms with Crippen LogP contribution in [-0.2, 0) is 21.2 Å². The van der Waals surface area contributed by atoms with Gasteiger partial charge in [-0.15, -0.1) is 0 Å². The maximum absolute atomic E-state index is 12.8. The van der Waals surface area contributed by atoms with Crippen molar-refractivity contribution in [3.05, 3.63) is 35.6 Å². The van der Waals surface area contributed by atoms with Crippen LogP contribution >= 0.6 is 0 Å². The predicted octanol–water partition coefficient (Wildman–Crippen LogP) is 1.30. The molecule has 1 aromatic rings. The number of halogens is 1. The number of rotatable bonds is 5. The van der Waals surface area contributed by atoms with E-state index in [1.807, 2.05) is 0 Å². The van der Waals surface area contributed by atoms with Gasteiger partial charge in [-0.25, -0.2) is 17.5 Å². The molecular weight excluding hydrogens is 307 g/mol. The number of piperidine rings is 1. The second kappa shape index (κ2) is 7.19. The van der Waals surface area contributed by atoms with Crippen LogP contribution in [0.15, 0.2) is 24.3 Å². The topological polar surface area (TPSA) is 66.5 Å². The largest absolute Gasteiger partial charge is 0.342 e. The van der Waals surface area contributed by atoms with E-state index >= 15 is 0 Å². The molecule has 0 aliphatic carbocycles. The van der Waals surface area contributed by atoms with Crippen molar-refractivity contribution in [2.24, 2.45) is 0 Å². The lowest BCUT2D eigenvalue weighted by Crippen LogP contribution is -2.47. The molecule has 1 aromatic carbocycles. The van der Waals surface area contributed by atoms with Crippen molar-refractivity contribution in [1.29, 1.82) is 0 Å². The summed E-state index contributed by atoms with van der Waals surface area (Å²) in [7, 11) is -3.20. The summed E-state index contributed by atoms with van der Waals surface area (Å²) in [6, 6.07) is 5.80. The number of amides is 1. The fourth-order valence-electron chi connectivity index (χ4n) is 2.47. The number of nitrogens with one attached hydrogen (secondary N) is 1. The molecule has 2 rings (SSSR count). The van der Waals surface area contributed by atoms with Gasteiger partial charge in [-0.2, -0.15) is 0 Å². The van der Waals surface area contributed by atoms with Crippen LogP contribution in [0.4, 0.5) is 4.39 Å². The van der Waals surface area contributed by atoms with Crippen molar-refractivity contribution < 1.29 is 17.6 Å². The van der Waals surface area contributed by atoms with Gasteiger partial charge in [0.2, 0.25) is 15.9 Å². The van der Waals surface area contributed by atoms with E-state index in [0.717, 1.165) is 5.56 Å². The summed E-state index contributed by atoms with van der Waals surface area (Å²) in [5, 5.41) is 0. The van der Waals surface area contributed by atoms with Crippen LogP contribution in [0, 0.1) is 5.82 Å². The number of benzene rings is 1. The molecule has 1 saturated heterocycles. The van der Waals surface area contributed by atoms with E-state index in [1.54, 1.807) is 24.0 Å². The van der Waals surface area contributed by atoms with Crippen LogP contribution in [0.1, 0.15) is 25.3 Å². The van der Waals surface area contributed by atoms with E-state index in [4.69, 9.17) is 0 Å². The van der Waals surface area contributed by atoms with Crippen molar-refractivity contribution in [2.75, 3.05) is 18.8 Å². The molecule has 0 unspecified atom stereocenters. The maximum atomic E-state index is 12.8. The van der Waals surface area contributed by atoms with Gasteiger partial charge in [0.15, 0.2) is 0 Å². The number of likely N-dealkylation sites (tertiary alicyclic amines) is 1. The Bertz CT molecular complexity index is 608. The van der Waals surface area contributed by atoms with E-state index in [1.165, 1.54) is 12.1 Å². The molecule has 7 heteroatoms. The maximum Gasteiger partial charge on any atom is 0.226 e.